The monoisotopic (exact) mass is 416 g/mol. The second kappa shape index (κ2) is 10.6. The Morgan fingerprint density at radius 2 is 1.77 bits per heavy atom. The Bertz CT molecular complexity index is 682. The van der Waals surface area contributed by atoms with Gasteiger partial charge in [-0.3, -0.25) is 9.89 Å². The molecule has 0 spiro atoms. The van der Waals surface area contributed by atoms with Crippen LogP contribution in [-0.2, 0) is 22.6 Å². The van der Waals surface area contributed by atoms with E-state index in [1.54, 1.807) is 0 Å². The van der Waals surface area contributed by atoms with Crippen molar-refractivity contribution in [1.82, 2.24) is 15.1 Å². The van der Waals surface area contributed by atoms with Crippen molar-refractivity contribution in [3.8, 4) is 0 Å². The van der Waals surface area contributed by atoms with Gasteiger partial charge in [0.25, 0.3) is 0 Å². The van der Waals surface area contributed by atoms with Crippen molar-refractivity contribution in [3.05, 3.63) is 35.4 Å². The minimum atomic E-state index is -0.114. The van der Waals surface area contributed by atoms with Gasteiger partial charge in [-0.25, -0.2) is 0 Å². The fourth-order valence-electron chi connectivity index (χ4n) is 4.60. The van der Waals surface area contributed by atoms with E-state index >= 15 is 0 Å². The number of rotatable bonds is 5. The van der Waals surface area contributed by atoms with E-state index in [-0.39, 0.29) is 18.3 Å². The molecule has 1 aromatic carbocycles. The molecule has 0 saturated carbocycles. The summed E-state index contributed by atoms with van der Waals surface area (Å²) in [5.41, 5.74) is 2.57. The fraction of sp³-hybridized carbons (Fsp3) is 0.696. The molecule has 0 aromatic heterocycles. The van der Waals surface area contributed by atoms with E-state index in [1.807, 2.05) is 7.05 Å². The lowest BCUT2D eigenvalue weighted by Crippen LogP contribution is -2.53. The van der Waals surface area contributed by atoms with Gasteiger partial charge in [0.2, 0.25) is 0 Å². The molecule has 3 aliphatic rings. The van der Waals surface area contributed by atoms with E-state index in [2.05, 4.69) is 44.4 Å². The molecule has 30 heavy (non-hydrogen) atoms. The molecule has 0 radical (unpaired) electrons. The largest absolute Gasteiger partial charge is 0.393 e. The zero-order valence-corrected chi connectivity index (χ0v) is 18.1. The number of aliphatic hydroxyl groups excluding tert-OH is 1. The van der Waals surface area contributed by atoms with E-state index < -0.39 is 0 Å². The van der Waals surface area contributed by atoms with Crippen molar-refractivity contribution in [2.24, 2.45) is 4.99 Å². The number of benzene rings is 1. The lowest BCUT2D eigenvalue weighted by molar-refractivity contribution is -0.0817. The number of piperidine rings is 1. The van der Waals surface area contributed by atoms with Crippen LogP contribution in [-0.4, -0.2) is 85.6 Å². The molecule has 3 heterocycles. The summed E-state index contributed by atoms with van der Waals surface area (Å²) < 4.78 is 11.8. The van der Waals surface area contributed by atoms with Gasteiger partial charge in [-0.1, -0.05) is 24.3 Å². The van der Waals surface area contributed by atoms with Crippen molar-refractivity contribution in [2.45, 2.75) is 57.1 Å². The van der Waals surface area contributed by atoms with Crippen LogP contribution in [0.2, 0.25) is 0 Å². The Labute approximate surface area is 180 Å². The molecule has 0 aliphatic carbocycles. The van der Waals surface area contributed by atoms with E-state index in [4.69, 9.17) is 9.47 Å². The molecule has 2 unspecified atom stereocenters. The third-order valence-electron chi connectivity index (χ3n) is 6.42. The normalized spacial score (nSPS) is 26.9. The van der Waals surface area contributed by atoms with Crippen LogP contribution in [0.25, 0.3) is 0 Å². The highest BCUT2D eigenvalue weighted by Crippen LogP contribution is 2.21. The highest BCUT2D eigenvalue weighted by molar-refractivity contribution is 5.80. The molecule has 0 bridgehead atoms. The first-order chi connectivity index (χ1) is 14.7. The van der Waals surface area contributed by atoms with Crippen molar-refractivity contribution in [2.75, 3.05) is 46.4 Å². The van der Waals surface area contributed by atoms with Crippen LogP contribution in [0.3, 0.4) is 0 Å². The van der Waals surface area contributed by atoms with Gasteiger partial charge in [0.05, 0.1) is 18.8 Å². The van der Waals surface area contributed by atoms with Crippen LogP contribution in [0.5, 0.6) is 0 Å². The SMILES string of the molecule is CN=C(NCc1ccc(CN2CCC(O)CC2)cc1)N1CCOC(C2CCCO2)C1. The second-order valence-electron chi connectivity index (χ2n) is 8.63. The third-order valence-corrected chi connectivity index (χ3v) is 6.42. The fourth-order valence-corrected chi connectivity index (χ4v) is 4.60. The predicted molar refractivity (Wildman–Crippen MR) is 117 cm³/mol. The molecule has 166 valence electrons. The van der Waals surface area contributed by atoms with Gasteiger partial charge in [0.15, 0.2) is 5.96 Å². The Morgan fingerprint density at radius 1 is 1.03 bits per heavy atom. The number of aliphatic imine (C=N–C) groups is 1. The Hall–Kier alpha value is -1.67. The van der Waals surface area contributed by atoms with E-state index in [0.717, 1.165) is 77.5 Å². The van der Waals surface area contributed by atoms with Gasteiger partial charge in [0.1, 0.15) is 6.10 Å². The van der Waals surface area contributed by atoms with Crippen LogP contribution in [0.4, 0.5) is 0 Å². The summed E-state index contributed by atoms with van der Waals surface area (Å²) in [6.07, 6.45) is 4.24. The number of likely N-dealkylation sites (tertiary alicyclic amines) is 1. The molecule has 1 aromatic rings. The first-order valence-corrected chi connectivity index (χ1v) is 11.4. The van der Waals surface area contributed by atoms with Crippen molar-refractivity contribution >= 4 is 5.96 Å². The third kappa shape index (κ3) is 5.72. The van der Waals surface area contributed by atoms with Gasteiger partial charge in [-0.15, -0.1) is 0 Å². The minimum Gasteiger partial charge on any atom is -0.393 e. The van der Waals surface area contributed by atoms with E-state index in [9.17, 15) is 5.11 Å². The number of hydrogen-bond donors (Lipinski definition) is 2. The summed E-state index contributed by atoms with van der Waals surface area (Å²) in [6.45, 7) is 6.92. The molecule has 7 heteroatoms. The molecule has 0 amide bonds. The molecule has 3 saturated heterocycles. The van der Waals surface area contributed by atoms with Crippen molar-refractivity contribution < 1.29 is 14.6 Å². The lowest BCUT2D eigenvalue weighted by atomic mass is 10.1. The number of nitrogens with one attached hydrogen (secondary N) is 1. The Kier molecular flexibility index (Phi) is 7.60. The van der Waals surface area contributed by atoms with E-state index in [1.165, 1.54) is 11.1 Å². The average molecular weight is 417 g/mol. The predicted octanol–water partition coefficient (Wildman–Crippen LogP) is 1.60. The quantitative estimate of drug-likeness (QED) is 0.561. The topological polar surface area (TPSA) is 69.6 Å². The highest BCUT2D eigenvalue weighted by atomic mass is 16.5. The van der Waals surface area contributed by atoms with E-state index in [0.29, 0.717) is 6.61 Å². The number of guanidine groups is 1. The van der Waals surface area contributed by atoms with Crippen molar-refractivity contribution in [3.63, 3.8) is 0 Å². The smallest absolute Gasteiger partial charge is 0.194 e. The van der Waals surface area contributed by atoms with Gasteiger partial charge < -0.3 is 24.8 Å². The molecule has 2 N–H and O–H groups in total. The summed E-state index contributed by atoms with van der Waals surface area (Å²) in [5, 5.41) is 13.2. The van der Waals surface area contributed by atoms with Gasteiger partial charge in [-0.05, 0) is 36.8 Å². The number of aliphatic hydroxyl groups is 1. The first-order valence-electron chi connectivity index (χ1n) is 11.4. The molecule has 7 nitrogen and oxygen atoms in total. The van der Waals surface area contributed by atoms with Crippen LogP contribution >= 0.6 is 0 Å². The maximum atomic E-state index is 9.66. The Morgan fingerprint density at radius 3 is 2.47 bits per heavy atom. The summed E-state index contributed by atoms with van der Waals surface area (Å²) in [6, 6.07) is 8.83. The van der Waals surface area contributed by atoms with Gasteiger partial charge in [-0.2, -0.15) is 0 Å². The maximum absolute atomic E-state index is 9.66. The summed E-state index contributed by atoms with van der Waals surface area (Å²) in [4.78, 5) is 9.20. The number of nitrogens with zero attached hydrogens (tertiary/aromatic N) is 3. The molecule has 2 atom stereocenters. The van der Waals surface area contributed by atoms with Crippen LogP contribution in [0.1, 0.15) is 36.8 Å². The molecule has 4 rings (SSSR count). The van der Waals surface area contributed by atoms with Crippen LogP contribution in [0, 0.1) is 0 Å². The first kappa shape index (κ1) is 21.6. The molecule has 3 aliphatic heterocycles. The molecule has 3 fully saturated rings. The summed E-state index contributed by atoms with van der Waals surface area (Å²) >= 11 is 0. The minimum absolute atomic E-state index is 0.114. The van der Waals surface area contributed by atoms with Crippen LogP contribution in [0.15, 0.2) is 29.3 Å². The van der Waals surface area contributed by atoms with Crippen LogP contribution < -0.4 is 5.32 Å². The maximum Gasteiger partial charge on any atom is 0.194 e. The summed E-state index contributed by atoms with van der Waals surface area (Å²) in [5.74, 6) is 0.928. The lowest BCUT2D eigenvalue weighted by Gasteiger charge is -2.37. The van der Waals surface area contributed by atoms with Crippen molar-refractivity contribution in [1.29, 1.82) is 0 Å². The zero-order valence-electron chi connectivity index (χ0n) is 18.1. The molecular formula is C23H36N4O3. The number of morpholine rings is 1. The molecular weight excluding hydrogens is 380 g/mol. The highest BCUT2D eigenvalue weighted by Gasteiger charge is 2.32. The zero-order chi connectivity index (χ0) is 20.8. The number of ether oxygens (including phenoxy) is 2. The van der Waals surface area contributed by atoms with Gasteiger partial charge >= 0.3 is 0 Å². The summed E-state index contributed by atoms with van der Waals surface area (Å²) in [7, 11) is 1.84. The second-order valence-corrected chi connectivity index (χ2v) is 8.63. The average Bonchev–Trinajstić information content (AvgIpc) is 3.32. The standard InChI is InChI=1S/C23H36N4O3/c1-24-23(27-12-14-30-22(17-27)21-3-2-13-29-21)25-15-18-4-6-19(7-5-18)16-26-10-8-20(28)9-11-26/h4-7,20-22,28H,2-3,8-17H2,1H3,(H,24,25). The number of hydrogen-bond acceptors (Lipinski definition) is 5. The van der Waals surface area contributed by atoms with Gasteiger partial charge in [0, 0.05) is 52.9 Å². The Balaban J connectivity index is 1.25.